The van der Waals surface area contributed by atoms with Gasteiger partial charge in [0.1, 0.15) is 0 Å². The first-order valence-corrected chi connectivity index (χ1v) is 8.10. The fourth-order valence-corrected chi connectivity index (χ4v) is 2.66. The lowest BCUT2D eigenvalue weighted by Crippen LogP contribution is -2.45. The van der Waals surface area contributed by atoms with Gasteiger partial charge in [0, 0.05) is 37.6 Å². The van der Waals surface area contributed by atoms with Crippen molar-refractivity contribution < 1.29 is 14.3 Å². The number of ether oxygens (including phenoxy) is 1. The molecule has 6 heteroatoms. The fraction of sp³-hybridized carbons (Fsp3) is 0.529. The Bertz CT molecular complexity index is 564. The third kappa shape index (κ3) is 4.22. The lowest BCUT2D eigenvalue weighted by Gasteiger charge is -2.26. The molecule has 0 radical (unpaired) electrons. The number of nitrogens with zero attached hydrogens (tertiary/aromatic N) is 2. The van der Waals surface area contributed by atoms with Crippen molar-refractivity contribution in [3.8, 4) is 0 Å². The first-order valence-electron chi connectivity index (χ1n) is 8.10. The van der Waals surface area contributed by atoms with Gasteiger partial charge in [-0.3, -0.25) is 9.59 Å². The number of carbonyl (C=O) groups is 2. The number of carbonyl (C=O) groups excluding carboxylic acids is 2. The number of morpholine rings is 1. The molecule has 1 aliphatic rings. The second kappa shape index (κ2) is 7.97. The van der Waals surface area contributed by atoms with Gasteiger partial charge in [0.15, 0.2) is 0 Å². The zero-order chi connectivity index (χ0) is 16.8. The van der Waals surface area contributed by atoms with Crippen molar-refractivity contribution in [2.45, 2.75) is 20.8 Å². The summed E-state index contributed by atoms with van der Waals surface area (Å²) in [4.78, 5) is 28.0. The average Bonchev–Trinajstić information content (AvgIpc) is 2.58. The number of aryl methyl sites for hydroxylation is 1. The maximum atomic E-state index is 12.1. The van der Waals surface area contributed by atoms with Gasteiger partial charge in [-0.15, -0.1) is 0 Å². The van der Waals surface area contributed by atoms with Gasteiger partial charge in [-0.05, 0) is 44.5 Å². The van der Waals surface area contributed by atoms with Crippen LogP contribution in [0.4, 0.5) is 11.4 Å². The summed E-state index contributed by atoms with van der Waals surface area (Å²) in [6, 6.07) is 5.85. The minimum absolute atomic E-state index is 0.464. The lowest BCUT2D eigenvalue weighted by molar-refractivity contribution is -0.145. The minimum Gasteiger partial charge on any atom is -0.378 e. The molecule has 126 valence electrons. The largest absolute Gasteiger partial charge is 0.378 e. The Morgan fingerprint density at radius 1 is 1.22 bits per heavy atom. The Balaban J connectivity index is 2.04. The van der Waals surface area contributed by atoms with Gasteiger partial charge in [0.2, 0.25) is 0 Å². The normalized spacial score (nSPS) is 14.5. The van der Waals surface area contributed by atoms with Crippen molar-refractivity contribution in [1.29, 1.82) is 0 Å². The summed E-state index contributed by atoms with van der Waals surface area (Å²) in [5, 5.41) is 2.72. The first kappa shape index (κ1) is 17.3. The van der Waals surface area contributed by atoms with E-state index in [2.05, 4.69) is 24.1 Å². The third-order valence-electron chi connectivity index (χ3n) is 4.08. The van der Waals surface area contributed by atoms with Gasteiger partial charge in [0.25, 0.3) is 0 Å². The lowest BCUT2D eigenvalue weighted by atomic mass is 10.1. The molecule has 23 heavy (non-hydrogen) atoms. The molecule has 1 aromatic rings. The van der Waals surface area contributed by atoms with E-state index in [1.54, 1.807) is 0 Å². The second-order valence-electron chi connectivity index (χ2n) is 5.53. The molecule has 1 heterocycles. The summed E-state index contributed by atoms with van der Waals surface area (Å²) in [6.45, 7) is 9.90. The molecule has 1 N–H and O–H groups in total. The molecule has 0 unspecified atom stereocenters. The number of amides is 2. The van der Waals surface area contributed by atoms with Crippen molar-refractivity contribution in [2.75, 3.05) is 49.6 Å². The molecule has 2 amide bonds. The zero-order valence-electron chi connectivity index (χ0n) is 14.1. The summed E-state index contributed by atoms with van der Waals surface area (Å²) in [6.07, 6.45) is 0. The van der Waals surface area contributed by atoms with Crippen LogP contribution in [0.1, 0.15) is 19.4 Å². The predicted molar refractivity (Wildman–Crippen MR) is 90.8 cm³/mol. The molecule has 0 bridgehead atoms. The minimum atomic E-state index is -0.592. The summed E-state index contributed by atoms with van der Waals surface area (Å²) in [7, 11) is 0. The van der Waals surface area contributed by atoms with E-state index in [0.717, 1.165) is 24.3 Å². The van der Waals surface area contributed by atoms with Crippen LogP contribution in [0.15, 0.2) is 18.2 Å². The smallest absolute Gasteiger partial charge is 0.313 e. The molecule has 0 aliphatic carbocycles. The van der Waals surface area contributed by atoms with Crippen LogP contribution in [0.25, 0.3) is 0 Å². The van der Waals surface area contributed by atoms with Crippen molar-refractivity contribution in [3.63, 3.8) is 0 Å². The predicted octanol–water partition coefficient (Wildman–Crippen LogP) is 1.64. The standard InChI is InChI=1S/C17H25N3O3/c1-4-19(5-2)14-6-7-15(13(3)12-14)18-16(21)17(22)20-8-10-23-11-9-20/h6-7,12H,4-5,8-11H2,1-3H3,(H,18,21). The molecule has 0 aromatic heterocycles. The van der Waals surface area contributed by atoms with Gasteiger partial charge in [-0.25, -0.2) is 0 Å². The molecule has 2 rings (SSSR count). The molecule has 6 nitrogen and oxygen atoms in total. The van der Waals surface area contributed by atoms with Crippen LogP contribution in [0.5, 0.6) is 0 Å². The van der Waals surface area contributed by atoms with E-state index >= 15 is 0 Å². The van der Waals surface area contributed by atoms with Crippen LogP contribution < -0.4 is 10.2 Å². The Kier molecular flexibility index (Phi) is 5.98. The maximum absolute atomic E-state index is 12.1. The number of hydrogen-bond acceptors (Lipinski definition) is 4. The molecular weight excluding hydrogens is 294 g/mol. The molecule has 0 saturated carbocycles. The summed E-state index contributed by atoms with van der Waals surface area (Å²) >= 11 is 0. The highest BCUT2D eigenvalue weighted by Gasteiger charge is 2.24. The van der Waals surface area contributed by atoms with Gasteiger partial charge in [0.05, 0.1) is 13.2 Å². The van der Waals surface area contributed by atoms with Crippen LogP contribution in [-0.2, 0) is 14.3 Å². The number of nitrogens with one attached hydrogen (secondary N) is 1. The van der Waals surface area contributed by atoms with E-state index in [1.807, 2.05) is 25.1 Å². The number of anilines is 2. The fourth-order valence-electron chi connectivity index (χ4n) is 2.66. The van der Waals surface area contributed by atoms with E-state index in [9.17, 15) is 9.59 Å². The SMILES string of the molecule is CCN(CC)c1ccc(NC(=O)C(=O)N2CCOCC2)c(C)c1. The molecule has 1 fully saturated rings. The number of hydrogen-bond donors (Lipinski definition) is 1. The topological polar surface area (TPSA) is 61.9 Å². The van der Waals surface area contributed by atoms with Crippen molar-refractivity contribution in [1.82, 2.24) is 4.90 Å². The van der Waals surface area contributed by atoms with Crippen LogP contribution in [0.3, 0.4) is 0 Å². The van der Waals surface area contributed by atoms with Crippen LogP contribution in [0.2, 0.25) is 0 Å². The van der Waals surface area contributed by atoms with E-state index < -0.39 is 11.8 Å². The summed E-state index contributed by atoms with van der Waals surface area (Å²) < 4.78 is 5.19. The summed E-state index contributed by atoms with van der Waals surface area (Å²) in [5.41, 5.74) is 2.73. The Morgan fingerprint density at radius 2 is 1.87 bits per heavy atom. The maximum Gasteiger partial charge on any atom is 0.313 e. The first-order chi connectivity index (χ1) is 11.1. The molecule has 1 aliphatic heterocycles. The molecule has 1 saturated heterocycles. The Morgan fingerprint density at radius 3 is 2.43 bits per heavy atom. The molecule has 1 aromatic carbocycles. The quantitative estimate of drug-likeness (QED) is 0.857. The van der Waals surface area contributed by atoms with Crippen molar-refractivity contribution in [2.24, 2.45) is 0 Å². The Hall–Kier alpha value is -2.08. The van der Waals surface area contributed by atoms with Crippen molar-refractivity contribution >= 4 is 23.2 Å². The van der Waals surface area contributed by atoms with E-state index in [4.69, 9.17) is 4.74 Å². The molecular formula is C17H25N3O3. The van der Waals surface area contributed by atoms with Crippen LogP contribution >= 0.6 is 0 Å². The van der Waals surface area contributed by atoms with Gasteiger partial charge < -0.3 is 19.9 Å². The monoisotopic (exact) mass is 319 g/mol. The number of benzene rings is 1. The van der Waals surface area contributed by atoms with Gasteiger partial charge >= 0.3 is 11.8 Å². The highest BCUT2D eigenvalue weighted by atomic mass is 16.5. The van der Waals surface area contributed by atoms with Gasteiger partial charge in [-0.2, -0.15) is 0 Å². The Labute approximate surface area is 137 Å². The van der Waals surface area contributed by atoms with Crippen LogP contribution in [0, 0.1) is 6.92 Å². The third-order valence-corrected chi connectivity index (χ3v) is 4.08. The highest BCUT2D eigenvalue weighted by Crippen LogP contribution is 2.22. The molecule has 0 atom stereocenters. The van der Waals surface area contributed by atoms with E-state index in [1.165, 1.54) is 4.90 Å². The van der Waals surface area contributed by atoms with Crippen LogP contribution in [-0.4, -0.2) is 56.1 Å². The molecule has 0 spiro atoms. The highest BCUT2D eigenvalue weighted by molar-refractivity contribution is 6.39. The number of rotatable bonds is 4. The van der Waals surface area contributed by atoms with E-state index in [0.29, 0.717) is 32.0 Å². The van der Waals surface area contributed by atoms with Crippen molar-refractivity contribution in [3.05, 3.63) is 23.8 Å². The summed E-state index contributed by atoms with van der Waals surface area (Å²) in [5.74, 6) is -1.09. The van der Waals surface area contributed by atoms with Gasteiger partial charge in [-0.1, -0.05) is 0 Å². The van der Waals surface area contributed by atoms with E-state index in [-0.39, 0.29) is 0 Å². The zero-order valence-corrected chi connectivity index (χ0v) is 14.1. The average molecular weight is 319 g/mol. The second-order valence-corrected chi connectivity index (χ2v) is 5.53.